The Labute approximate surface area is 249 Å². The van der Waals surface area contributed by atoms with Crippen LogP contribution in [0.1, 0.15) is 78.8 Å². The van der Waals surface area contributed by atoms with E-state index in [1.54, 1.807) is 6.21 Å². The van der Waals surface area contributed by atoms with Crippen LogP contribution in [0.5, 0.6) is 5.75 Å². The number of benzene rings is 5. The van der Waals surface area contributed by atoms with Crippen molar-refractivity contribution in [3.8, 4) is 5.75 Å². The van der Waals surface area contributed by atoms with E-state index >= 15 is 0 Å². The van der Waals surface area contributed by atoms with E-state index in [4.69, 9.17) is 4.99 Å². The van der Waals surface area contributed by atoms with Crippen LogP contribution < -0.4 is 0 Å². The fourth-order valence-corrected chi connectivity index (χ4v) is 5.62. The Hall–Kier alpha value is -4.47. The lowest BCUT2D eigenvalue weighted by Crippen LogP contribution is -2.24. The first-order valence-electron chi connectivity index (χ1n) is 14.5. The molecule has 2 N–H and O–H groups in total. The molecule has 2 atom stereocenters. The zero-order valence-electron chi connectivity index (χ0n) is 24.8. The number of aromatic hydroxyl groups is 1. The average molecular weight is 554 g/mol. The summed E-state index contributed by atoms with van der Waals surface area (Å²) in [4.78, 5) is 4.96. The number of hydrogen-bond acceptors (Lipinski definition) is 3. The van der Waals surface area contributed by atoms with Crippen molar-refractivity contribution in [2.45, 2.75) is 50.7 Å². The molecule has 0 amide bonds. The minimum atomic E-state index is -0.851. The van der Waals surface area contributed by atoms with Gasteiger partial charge in [0.05, 0.1) is 0 Å². The lowest BCUT2D eigenvalue weighted by Gasteiger charge is -2.32. The van der Waals surface area contributed by atoms with Gasteiger partial charge in [-0.15, -0.1) is 0 Å². The summed E-state index contributed by atoms with van der Waals surface area (Å²) in [5.41, 5.74) is 5.71. The largest absolute Gasteiger partial charge is 0.507 e. The van der Waals surface area contributed by atoms with Gasteiger partial charge < -0.3 is 10.2 Å². The molecule has 0 aliphatic rings. The molecule has 0 aliphatic carbocycles. The van der Waals surface area contributed by atoms with Crippen molar-refractivity contribution in [3.05, 3.63) is 172 Å². The summed E-state index contributed by atoms with van der Waals surface area (Å²) >= 11 is 0. The van der Waals surface area contributed by atoms with Crippen LogP contribution in [0.3, 0.4) is 0 Å². The molecule has 3 heteroatoms. The van der Waals surface area contributed by atoms with E-state index < -0.39 is 17.6 Å². The number of aliphatic hydroxyl groups is 1. The van der Waals surface area contributed by atoms with Crippen molar-refractivity contribution in [3.63, 3.8) is 0 Å². The number of hydrogen-bond donors (Lipinski definition) is 2. The van der Waals surface area contributed by atoms with Gasteiger partial charge in [0, 0.05) is 28.2 Å². The van der Waals surface area contributed by atoms with Crippen molar-refractivity contribution in [2.24, 2.45) is 4.99 Å². The van der Waals surface area contributed by atoms with Crippen LogP contribution in [0.2, 0.25) is 0 Å². The Kier molecular flexibility index (Phi) is 8.42. The molecule has 0 unspecified atom stereocenters. The Morgan fingerprint density at radius 3 is 1.55 bits per heavy atom. The highest BCUT2D eigenvalue weighted by Crippen LogP contribution is 2.43. The van der Waals surface area contributed by atoms with Gasteiger partial charge in [-0.05, 0) is 33.9 Å². The second kappa shape index (κ2) is 12.2. The molecule has 0 aromatic heterocycles. The van der Waals surface area contributed by atoms with Gasteiger partial charge in [0.1, 0.15) is 17.9 Å². The summed E-state index contributed by atoms with van der Waals surface area (Å²) in [5, 5.41) is 23.3. The van der Waals surface area contributed by atoms with E-state index in [1.807, 2.05) is 91.0 Å². The molecule has 212 valence electrons. The maximum Gasteiger partial charge on any atom is 0.128 e. The number of phenolic OH excluding ortho intramolecular Hbond substituents is 1. The van der Waals surface area contributed by atoms with E-state index in [2.05, 4.69) is 70.2 Å². The minimum Gasteiger partial charge on any atom is -0.507 e. The number of aliphatic hydroxyl groups excluding tert-OH is 1. The molecule has 5 rings (SSSR count). The first-order valence-corrected chi connectivity index (χ1v) is 14.5. The van der Waals surface area contributed by atoms with Gasteiger partial charge in [-0.25, -0.2) is 0 Å². The third-order valence-electron chi connectivity index (χ3n) is 8.48. The molecule has 42 heavy (non-hydrogen) atoms. The lowest BCUT2D eigenvalue weighted by atomic mass is 9.72. The summed E-state index contributed by atoms with van der Waals surface area (Å²) in [7, 11) is 0. The topological polar surface area (TPSA) is 52.8 Å². The minimum absolute atomic E-state index is 0.196. The first kappa shape index (κ1) is 29.0. The normalized spacial score (nSPS) is 13.6. The molecule has 0 saturated heterocycles. The van der Waals surface area contributed by atoms with Crippen LogP contribution in [0.15, 0.2) is 138 Å². The van der Waals surface area contributed by atoms with Gasteiger partial charge >= 0.3 is 0 Å². The van der Waals surface area contributed by atoms with Gasteiger partial charge in [-0.1, -0.05) is 155 Å². The van der Waals surface area contributed by atoms with Gasteiger partial charge in [0.15, 0.2) is 0 Å². The average Bonchev–Trinajstić information content (AvgIpc) is 3.03. The van der Waals surface area contributed by atoms with Crippen LogP contribution in [-0.2, 0) is 10.8 Å². The van der Waals surface area contributed by atoms with Gasteiger partial charge in [-0.2, -0.15) is 0 Å². The highest BCUT2D eigenvalue weighted by atomic mass is 16.3. The number of rotatable bonds is 9. The fourth-order valence-electron chi connectivity index (χ4n) is 5.62. The highest BCUT2D eigenvalue weighted by Gasteiger charge is 2.32. The van der Waals surface area contributed by atoms with E-state index in [0.29, 0.717) is 5.56 Å². The summed E-state index contributed by atoms with van der Waals surface area (Å²) in [5.74, 6) is 0.196. The van der Waals surface area contributed by atoms with Crippen LogP contribution in [0, 0.1) is 0 Å². The summed E-state index contributed by atoms with van der Waals surface area (Å²) in [6.07, 6.45) is 0.880. The summed E-state index contributed by atoms with van der Waals surface area (Å²) in [6, 6.07) is 43.8. The van der Waals surface area contributed by atoms with E-state index in [0.717, 1.165) is 27.8 Å². The van der Waals surface area contributed by atoms with Crippen LogP contribution >= 0.6 is 0 Å². The number of phenols is 1. The van der Waals surface area contributed by atoms with Gasteiger partial charge in [0.2, 0.25) is 0 Å². The standard InChI is InChI=1S/C39H39NO2/c1-38(2,31-21-13-7-14-22-31)33-25-30(36(41)34(26-33)39(3,4)32-23-15-8-16-24-32)27-40-35(28-17-9-5-10-18-28)37(42)29-19-11-6-12-20-29/h5-27,35,37,41-42H,1-4H3/t35-,37+/m1/s1. The number of aliphatic imine (C=N–C) groups is 1. The monoisotopic (exact) mass is 553 g/mol. The van der Waals surface area contributed by atoms with Crippen molar-refractivity contribution < 1.29 is 10.2 Å². The third-order valence-corrected chi connectivity index (χ3v) is 8.48. The molecule has 3 nitrogen and oxygen atoms in total. The molecule has 0 bridgehead atoms. The van der Waals surface area contributed by atoms with Crippen molar-refractivity contribution in [1.29, 1.82) is 0 Å². The van der Waals surface area contributed by atoms with Crippen LogP contribution in [0.25, 0.3) is 0 Å². The zero-order chi connectivity index (χ0) is 29.7. The van der Waals surface area contributed by atoms with E-state index in [1.165, 1.54) is 5.56 Å². The molecule has 0 fully saturated rings. The third kappa shape index (κ3) is 5.93. The Morgan fingerprint density at radius 1 is 0.571 bits per heavy atom. The molecule has 0 radical (unpaired) electrons. The maximum atomic E-state index is 11.8. The van der Waals surface area contributed by atoms with Crippen molar-refractivity contribution in [2.75, 3.05) is 0 Å². The Balaban J connectivity index is 1.67. The lowest BCUT2D eigenvalue weighted by molar-refractivity contribution is 0.148. The predicted molar refractivity (Wildman–Crippen MR) is 173 cm³/mol. The number of nitrogens with zero attached hydrogens (tertiary/aromatic N) is 1. The molecule has 0 heterocycles. The second-order valence-corrected chi connectivity index (χ2v) is 11.9. The molecule has 5 aromatic carbocycles. The Morgan fingerprint density at radius 2 is 1.02 bits per heavy atom. The predicted octanol–water partition coefficient (Wildman–Crippen LogP) is 8.94. The highest BCUT2D eigenvalue weighted by molar-refractivity contribution is 5.85. The molecule has 5 aromatic rings. The van der Waals surface area contributed by atoms with Crippen LogP contribution in [-0.4, -0.2) is 16.4 Å². The summed E-state index contributed by atoms with van der Waals surface area (Å²) < 4.78 is 0. The smallest absolute Gasteiger partial charge is 0.128 e. The fraction of sp³-hybridized carbons (Fsp3) is 0.205. The van der Waals surface area contributed by atoms with Crippen LogP contribution in [0.4, 0.5) is 0 Å². The molecular formula is C39H39NO2. The van der Waals surface area contributed by atoms with Crippen molar-refractivity contribution in [1.82, 2.24) is 0 Å². The van der Waals surface area contributed by atoms with Gasteiger partial charge in [0.25, 0.3) is 0 Å². The van der Waals surface area contributed by atoms with Gasteiger partial charge in [-0.3, -0.25) is 4.99 Å². The van der Waals surface area contributed by atoms with E-state index in [-0.39, 0.29) is 11.2 Å². The SMILES string of the molecule is CC(C)(c1ccccc1)c1cc(C=N[C@H](c2ccccc2)[C@@H](O)c2ccccc2)c(O)c(C(C)(C)c2ccccc2)c1. The first-order chi connectivity index (χ1) is 20.2. The van der Waals surface area contributed by atoms with E-state index in [9.17, 15) is 10.2 Å². The summed E-state index contributed by atoms with van der Waals surface area (Å²) in [6.45, 7) is 8.70. The quantitative estimate of drug-likeness (QED) is 0.179. The molecular weight excluding hydrogens is 514 g/mol. The Bertz CT molecular complexity index is 1630. The van der Waals surface area contributed by atoms with Crippen molar-refractivity contribution >= 4 is 6.21 Å². The maximum absolute atomic E-state index is 11.8. The zero-order valence-corrected chi connectivity index (χ0v) is 24.8. The second-order valence-electron chi connectivity index (χ2n) is 11.9. The molecule has 0 aliphatic heterocycles. The molecule has 0 spiro atoms. The molecule has 0 saturated carbocycles.